The average Bonchev–Trinajstić information content (AvgIpc) is 3.12. The summed E-state index contributed by atoms with van der Waals surface area (Å²) in [5.74, 6) is -0.665. The molecule has 0 radical (unpaired) electrons. The van der Waals surface area contributed by atoms with Crippen LogP contribution in [0.4, 0.5) is 0 Å². The van der Waals surface area contributed by atoms with Gasteiger partial charge in [0, 0.05) is 12.8 Å². The van der Waals surface area contributed by atoms with Crippen LogP contribution in [0.3, 0.4) is 0 Å². The quantitative estimate of drug-likeness (QED) is 0.0401. The van der Waals surface area contributed by atoms with Gasteiger partial charge in [0.15, 0.2) is 6.10 Å². The van der Waals surface area contributed by atoms with E-state index in [0.717, 1.165) is 51.4 Å². The lowest BCUT2D eigenvalue weighted by Crippen LogP contribution is -2.28. The van der Waals surface area contributed by atoms with Crippen LogP contribution in [0.2, 0.25) is 0 Å². The zero-order valence-electron chi connectivity index (χ0n) is 32.4. The Morgan fingerprint density at radius 2 is 0.820 bits per heavy atom. The van der Waals surface area contributed by atoms with Crippen LogP contribution < -0.4 is 0 Å². The number of aliphatic hydroxyl groups is 1. The number of rotatable bonds is 36. The molecule has 0 aromatic rings. The Morgan fingerprint density at radius 3 is 1.26 bits per heavy atom. The van der Waals surface area contributed by atoms with Gasteiger partial charge in [0.1, 0.15) is 6.61 Å². The molecular formula is C45H76O5. The van der Waals surface area contributed by atoms with Crippen LogP contribution in [0.5, 0.6) is 0 Å². The average molecular weight is 697 g/mol. The number of hydrogen-bond acceptors (Lipinski definition) is 5. The van der Waals surface area contributed by atoms with Gasteiger partial charge in [-0.05, 0) is 83.5 Å². The molecule has 0 aliphatic heterocycles. The lowest BCUT2D eigenvalue weighted by Gasteiger charge is -2.15. The van der Waals surface area contributed by atoms with Gasteiger partial charge >= 0.3 is 11.9 Å². The lowest BCUT2D eigenvalue weighted by molar-refractivity contribution is -0.161. The van der Waals surface area contributed by atoms with E-state index in [2.05, 4.69) is 86.8 Å². The minimum Gasteiger partial charge on any atom is -0.462 e. The molecule has 286 valence electrons. The van der Waals surface area contributed by atoms with Crippen molar-refractivity contribution in [2.24, 2.45) is 0 Å². The minimum atomic E-state index is -0.804. The number of esters is 2. The predicted molar refractivity (Wildman–Crippen MR) is 214 cm³/mol. The van der Waals surface area contributed by atoms with Crippen molar-refractivity contribution in [3.05, 3.63) is 72.9 Å². The van der Waals surface area contributed by atoms with Crippen LogP contribution in [0.15, 0.2) is 72.9 Å². The number of unbranched alkanes of at least 4 members (excludes halogenated alkanes) is 16. The first-order chi connectivity index (χ1) is 24.6. The highest BCUT2D eigenvalue weighted by atomic mass is 16.6. The number of aliphatic hydroxyl groups excluding tert-OH is 1. The van der Waals surface area contributed by atoms with Gasteiger partial charge in [-0.25, -0.2) is 0 Å². The Labute approximate surface area is 308 Å². The van der Waals surface area contributed by atoms with Crippen molar-refractivity contribution in [3.8, 4) is 0 Å². The summed E-state index contributed by atoms with van der Waals surface area (Å²) >= 11 is 0. The van der Waals surface area contributed by atoms with Crippen LogP contribution >= 0.6 is 0 Å². The first-order valence-corrected chi connectivity index (χ1v) is 20.5. The Balaban J connectivity index is 3.66. The van der Waals surface area contributed by atoms with E-state index in [1.807, 2.05) is 0 Å². The normalized spacial score (nSPS) is 12.9. The van der Waals surface area contributed by atoms with Crippen molar-refractivity contribution < 1.29 is 24.2 Å². The maximum Gasteiger partial charge on any atom is 0.306 e. The molecule has 0 saturated carbocycles. The molecule has 5 heteroatoms. The molecule has 0 unspecified atom stereocenters. The lowest BCUT2D eigenvalue weighted by atomic mass is 10.1. The van der Waals surface area contributed by atoms with E-state index in [4.69, 9.17) is 9.47 Å². The largest absolute Gasteiger partial charge is 0.462 e. The van der Waals surface area contributed by atoms with E-state index in [-0.39, 0.29) is 31.6 Å². The third kappa shape index (κ3) is 38.1. The number of carbonyl (C=O) groups is 2. The minimum absolute atomic E-state index is 0.0930. The number of ether oxygens (including phenoxy) is 2. The van der Waals surface area contributed by atoms with E-state index >= 15 is 0 Å². The van der Waals surface area contributed by atoms with Gasteiger partial charge in [0.2, 0.25) is 0 Å². The number of hydrogen-bond donors (Lipinski definition) is 1. The molecule has 1 N–H and O–H groups in total. The van der Waals surface area contributed by atoms with Crippen molar-refractivity contribution in [2.45, 2.75) is 187 Å². The topological polar surface area (TPSA) is 72.8 Å². The second-order valence-electron chi connectivity index (χ2n) is 13.4. The third-order valence-electron chi connectivity index (χ3n) is 8.47. The summed E-state index contributed by atoms with van der Waals surface area (Å²) in [6.07, 6.45) is 53.9. The molecule has 0 fully saturated rings. The number of carbonyl (C=O) groups excluding carboxylic acids is 2. The molecule has 0 aromatic heterocycles. The third-order valence-corrected chi connectivity index (χ3v) is 8.47. The monoisotopic (exact) mass is 697 g/mol. The fourth-order valence-electron chi connectivity index (χ4n) is 5.34. The molecule has 0 amide bonds. The summed E-state index contributed by atoms with van der Waals surface area (Å²) in [6, 6.07) is 0. The smallest absolute Gasteiger partial charge is 0.306 e. The van der Waals surface area contributed by atoms with Crippen molar-refractivity contribution >= 4 is 11.9 Å². The molecule has 1 atom stereocenters. The van der Waals surface area contributed by atoms with Crippen LogP contribution in [-0.4, -0.2) is 36.4 Å². The van der Waals surface area contributed by atoms with Gasteiger partial charge < -0.3 is 14.6 Å². The summed E-state index contributed by atoms with van der Waals surface area (Å²) in [7, 11) is 0. The molecule has 5 nitrogen and oxygen atoms in total. The summed E-state index contributed by atoms with van der Waals surface area (Å²) in [5, 5.41) is 9.55. The van der Waals surface area contributed by atoms with Crippen LogP contribution in [0, 0.1) is 0 Å². The van der Waals surface area contributed by atoms with E-state index < -0.39 is 6.10 Å². The van der Waals surface area contributed by atoms with Crippen molar-refractivity contribution in [3.63, 3.8) is 0 Å². The Hall–Kier alpha value is -2.66. The fourth-order valence-corrected chi connectivity index (χ4v) is 5.34. The zero-order chi connectivity index (χ0) is 36.4. The summed E-state index contributed by atoms with van der Waals surface area (Å²) < 4.78 is 10.6. The molecule has 0 bridgehead atoms. The van der Waals surface area contributed by atoms with E-state index in [1.54, 1.807) is 0 Å². The van der Waals surface area contributed by atoms with Gasteiger partial charge in [-0.2, -0.15) is 0 Å². The maximum atomic E-state index is 12.2. The highest BCUT2D eigenvalue weighted by molar-refractivity contribution is 5.70. The van der Waals surface area contributed by atoms with Gasteiger partial charge in [-0.1, -0.05) is 157 Å². The van der Waals surface area contributed by atoms with Crippen molar-refractivity contribution in [1.82, 2.24) is 0 Å². The predicted octanol–water partition coefficient (Wildman–Crippen LogP) is 13.0. The van der Waals surface area contributed by atoms with E-state index in [9.17, 15) is 14.7 Å². The van der Waals surface area contributed by atoms with Crippen molar-refractivity contribution in [2.75, 3.05) is 13.2 Å². The molecule has 50 heavy (non-hydrogen) atoms. The molecule has 0 heterocycles. The molecule has 0 aromatic carbocycles. The molecular weight excluding hydrogens is 620 g/mol. The number of allylic oxidation sites excluding steroid dienone is 12. The zero-order valence-corrected chi connectivity index (χ0v) is 32.4. The molecule has 0 spiro atoms. The van der Waals surface area contributed by atoms with E-state index in [0.29, 0.717) is 12.8 Å². The fraction of sp³-hybridized carbons (Fsp3) is 0.689. The Kier molecular flexibility index (Phi) is 38.6. The maximum absolute atomic E-state index is 12.2. The summed E-state index contributed by atoms with van der Waals surface area (Å²) in [6.45, 7) is 4.03. The second-order valence-corrected chi connectivity index (χ2v) is 13.4. The van der Waals surface area contributed by atoms with Crippen molar-refractivity contribution in [1.29, 1.82) is 0 Å². The Bertz CT molecular complexity index is 926. The van der Waals surface area contributed by atoms with Gasteiger partial charge in [0.05, 0.1) is 6.61 Å². The SMILES string of the molecule is CCCCCC=CCC=CCC=CCC=CCCCC(=O)O[C@@H](CO)COC(=O)CCCCCCCCCCCC=CCC=CCCCCC. The van der Waals surface area contributed by atoms with E-state index in [1.165, 1.54) is 96.3 Å². The van der Waals surface area contributed by atoms with Crippen LogP contribution in [0.1, 0.15) is 181 Å². The molecule has 0 rings (SSSR count). The van der Waals surface area contributed by atoms with Gasteiger partial charge in [-0.3, -0.25) is 9.59 Å². The van der Waals surface area contributed by atoms with Gasteiger partial charge in [0.25, 0.3) is 0 Å². The first-order valence-electron chi connectivity index (χ1n) is 20.5. The second kappa shape index (κ2) is 40.8. The standard InChI is InChI=1S/C45H76O5/c1-3-5-7-9-11-13-15-17-19-21-22-24-25-27-29-31-33-35-37-39-44(47)49-42-43(41-46)50-45(48)40-38-36-34-32-30-28-26-23-20-18-16-14-12-10-8-6-4-2/h11-14,17-20,26,28,32,34,43,46H,3-10,15-16,21-25,27,29-31,33,35-42H2,1-2H3/t43-/m0/s1. The first kappa shape index (κ1) is 47.3. The highest BCUT2D eigenvalue weighted by Crippen LogP contribution is 2.12. The molecule has 0 aliphatic rings. The summed E-state index contributed by atoms with van der Waals surface area (Å²) in [4.78, 5) is 24.3. The molecule has 0 aliphatic carbocycles. The summed E-state index contributed by atoms with van der Waals surface area (Å²) in [5.41, 5.74) is 0. The highest BCUT2D eigenvalue weighted by Gasteiger charge is 2.15. The molecule has 0 saturated heterocycles. The van der Waals surface area contributed by atoms with Crippen LogP contribution in [-0.2, 0) is 19.1 Å². The van der Waals surface area contributed by atoms with Gasteiger partial charge in [-0.15, -0.1) is 0 Å². The Morgan fingerprint density at radius 1 is 0.460 bits per heavy atom. The van der Waals surface area contributed by atoms with Crippen LogP contribution in [0.25, 0.3) is 0 Å².